The highest BCUT2D eigenvalue weighted by atomic mass is 16.6. The van der Waals surface area contributed by atoms with Gasteiger partial charge in [0.05, 0.1) is 23.2 Å². The first kappa shape index (κ1) is 16.3. The minimum Gasteiger partial charge on any atom is -0.496 e. The lowest BCUT2D eigenvalue weighted by atomic mass is 9.81. The van der Waals surface area contributed by atoms with Gasteiger partial charge in [-0.3, -0.25) is 14.9 Å². The van der Waals surface area contributed by atoms with Gasteiger partial charge in [0.25, 0.3) is 11.6 Å². The van der Waals surface area contributed by atoms with Gasteiger partial charge in [0, 0.05) is 19.2 Å². The van der Waals surface area contributed by atoms with Crippen LogP contribution >= 0.6 is 0 Å². The molecule has 1 aliphatic carbocycles. The molecule has 0 N–H and O–H groups in total. The molecule has 120 valence electrons. The van der Waals surface area contributed by atoms with Crippen molar-refractivity contribution in [2.24, 2.45) is 5.92 Å². The largest absolute Gasteiger partial charge is 0.496 e. The number of benzene rings is 1. The van der Waals surface area contributed by atoms with E-state index in [0.717, 1.165) is 12.8 Å². The van der Waals surface area contributed by atoms with E-state index in [9.17, 15) is 14.9 Å². The Morgan fingerprint density at radius 3 is 2.55 bits per heavy atom. The Morgan fingerprint density at radius 2 is 2.09 bits per heavy atom. The van der Waals surface area contributed by atoms with Crippen LogP contribution in [0.2, 0.25) is 0 Å². The number of amides is 1. The first-order valence-corrected chi connectivity index (χ1v) is 7.51. The van der Waals surface area contributed by atoms with Crippen molar-refractivity contribution in [1.29, 1.82) is 0 Å². The third kappa shape index (κ3) is 2.91. The zero-order chi connectivity index (χ0) is 16.4. The second-order valence-electron chi connectivity index (χ2n) is 5.93. The average Bonchev–Trinajstić information content (AvgIpc) is 2.48. The van der Waals surface area contributed by atoms with Gasteiger partial charge in [-0.05, 0) is 31.2 Å². The molecular formula is C16H22N2O4. The maximum atomic E-state index is 12.6. The molecule has 22 heavy (non-hydrogen) atoms. The third-order valence-corrected chi connectivity index (χ3v) is 4.42. The SMILES string of the molecule is CCc1c(OC)cc(C(=O)N(C)C2CC(C)C2)cc1[N+](=O)[O-]. The lowest BCUT2D eigenvalue weighted by molar-refractivity contribution is -0.385. The smallest absolute Gasteiger partial charge is 0.277 e. The number of methoxy groups -OCH3 is 1. The summed E-state index contributed by atoms with van der Waals surface area (Å²) in [7, 11) is 3.22. The van der Waals surface area contributed by atoms with Crippen LogP contribution in [0.4, 0.5) is 5.69 Å². The molecule has 0 heterocycles. The Labute approximate surface area is 130 Å². The zero-order valence-electron chi connectivity index (χ0n) is 13.5. The fourth-order valence-electron chi connectivity index (χ4n) is 3.00. The van der Waals surface area contributed by atoms with Crippen molar-refractivity contribution in [2.75, 3.05) is 14.2 Å². The number of hydrogen-bond acceptors (Lipinski definition) is 4. The Morgan fingerprint density at radius 1 is 1.45 bits per heavy atom. The second kappa shape index (κ2) is 6.34. The summed E-state index contributed by atoms with van der Waals surface area (Å²) in [5, 5.41) is 11.3. The molecule has 1 aromatic carbocycles. The number of nitro groups is 1. The van der Waals surface area contributed by atoms with Gasteiger partial charge in [0.15, 0.2) is 0 Å². The van der Waals surface area contributed by atoms with Gasteiger partial charge in [-0.15, -0.1) is 0 Å². The molecule has 1 fully saturated rings. The van der Waals surface area contributed by atoms with E-state index in [2.05, 4.69) is 6.92 Å². The molecule has 0 aliphatic heterocycles. The van der Waals surface area contributed by atoms with Crippen molar-refractivity contribution in [3.05, 3.63) is 33.4 Å². The Balaban J connectivity index is 2.36. The molecule has 1 aromatic rings. The molecule has 1 aliphatic rings. The molecule has 2 rings (SSSR count). The first-order chi connectivity index (χ1) is 10.4. The molecule has 6 heteroatoms. The number of nitrogens with zero attached hydrogens (tertiary/aromatic N) is 2. The molecule has 6 nitrogen and oxygen atoms in total. The number of rotatable bonds is 5. The molecule has 0 radical (unpaired) electrons. The minimum atomic E-state index is -0.455. The van der Waals surface area contributed by atoms with Gasteiger partial charge >= 0.3 is 0 Å². The monoisotopic (exact) mass is 306 g/mol. The Kier molecular flexibility index (Phi) is 4.68. The fourth-order valence-corrected chi connectivity index (χ4v) is 3.00. The van der Waals surface area contributed by atoms with Crippen LogP contribution in [0.3, 0.4) is 0 Å². The van der Waals surface area contributed by atoms with E-state index < -0.39 is 4.92 Å². The predicted octanol–water partition coefficient (Wildman–Crippen LogP) is 3.04. The molecular weight excluding hydrogens is 284 g/mol. The Hall–Kier alpha value is -2.11. The normalized spacial score (nSPS) is 20.2. The number of ether oxygens (including phenoxy) is 1. The summed E-state index contributed by atoms with van der Waals surface area (Å²) in [6.45, 7) is 3.98. The molecule has 0 unspecified atom stereocenters. The van der Waals surface area contributed by atoms with Gasteiger partial charge in [0.2, 0.25) is 0 Å². The van der Waals surface area contributed by atoms with Gasteiger partial charge in [-0.1, -0.05) is 13.8 Å². The van der Waals surface area contributed by atoms with E-state index in [0.29, 0.717) is 29.2 Å². The van der Waals surface area contributed by atoms with Crippen LogP contribution in [-0.4, -0.2) is 35.9 Å². The van der Waals surface area contributed by atoms with Gasteiger partial charge < -0.3 is 9.64 Å². The van der Waals surface area contributed by atoms with Crippen LogP contribution in [-0.2, 0) is 6.42 Å². The highest BCUT2D eigenvalue weighted by Gasteiger charge is 2.32. The summed E-state index contributed by atoms with van der Waals surface area (Å²) >= 11 is 0. The number of hydrogen-bond donors (Lipinski definition) is 0. The van der Waals surface area contributed by atoms with Gasteiger partial charge in [-0.25, -0.2) is 0 Å². The summed E-state index contributed by atoms with van der Waals surface area (Å²) in [5.41, 5.74) is 0.771. The van der Waals surface area contributed by atoms with Gasteiger partial charge in [-0.2, -0.15) is 0 Å². The molecule has 0 atom stereocenters. The van der Waals surface area contributed by atoms with E-state index in [1.165, 1.54) is 13.2 Å². The quantitative estimate of drug-likeness (QED) is 0.619. The highest BCUT2D eigenvalue weighted by Crippen LogP contribution is 2.34. The van der Waals surface area contributed by atoms with Crippen LogP contribution in [0.1, 0.15) is 42.6 Å². The average molecular weight is 306 g/mol. The fraction of sp³-hybridized carbons (Fsp3) is 0.562. The lowest BCUT2D eigenvalue weighted by Crippen LogP contribution is -2.44. The van der Waals surface area contributed by atoms with Crippen LogP contribution in [0.15, 0.2) is 12.1 Å². The second-order valence-corrected chi connectivity index (χ2v) is 5.93. The third-order valence-electron chi connectivity index (χ3n) is 4.42. The first-order valence-electron chi connectivity index (χ1n) is 7.51. The summed E-state index contributed by atoms with van der Waals surface area (Å²) in [6, 6.07) is 3.19. The van der Waals surface area contributed by atoms with Crippen molar-refractivity contribution < 1.29 is 14.5 Å². The topological polar surface area (TPSA) is 72.7 Å². The number of nitro benzene ring substituents is 1. The number of carbonyl (C=O) groups is 1. The molecule has 0 aromatic heterocycles. The van der Waals surface area contributed by atoms with Crippen LogP contribution in [0.25, 0.3) is 0 Å². The van der Waals surface area contributed by atoms with Gasteiger partial charge in [0.1, 0.15) is 5.75 Å². The summed E-state index contributed by atoms with van der Waals surface area (Å²) in [4.78, 5) is 25.1. The highest BCUT2D eigenvalue weighted by molar-refractivity contribution is 5.95. The van der Waals surface area contributed by atoms with Crippen molar-refractivity contribution >= 4 is 11.6 Å². The van der Waals surface area contributed by atoms with Crippen LogP contribution in [0, 0.1) is 16.0 Å². The predicted molar refractivity (Wildman–Crippen MR) is 83.3 cm³/mol. The van der Waals surface area contributed by atoms with E-state index in [-0.39, 0.29) is 17.6 Å². The summed E-state index contributed by atoms with van der Waals surface area (Å²) < 4.78 is 5.24. The molecule has 0 saturated heterocycles. The van der Waals surface area contributed by atoms with Crippen LogP contribution < -0.4 is 4.74 Å². The van der Waals surface area contributed by atoms with Crippen LogP contribution in [0.5, 0.6) is 5.75 Å². The molecule has 1 saturated carbocycles. The van der Waals surface area contributed by atoms with E-state index in [1.54, 1.807) is 18.0 Å². The zero-order valence-corrected chi connectivity index (χ0v) is 13.5. The molecule has 1 amide bonds. The van der Waals surface area contributed by atoms with E-state index >= 15 is 0 Å². The van der Waals surface area contributed by atoms with E-state index in [4.69, 9.17) is 4.74 Å². The van der Waals surface area contributed by atoms with Crippen molar-refractivity contribution in [1.82, 2.24) is 4.90 Å². The Bertz CT molecular complexity index is 594. The maximum Gasteiger partial charge on any atom is 0.277 e. The van der Waals surface area contributed by atoms with E-state index in [1.807, 2.05) is 6.92 Å². The summed E-state index contributed by atoms with van der Waals surface area (Å²) in [6.07, 6.45) is 2.44. The lowest BCUT2D eigenvalue weighted by Gasteiger charge is -2.39. The van der Waals surface area contributed by atoms with Crippen molar-refractivity contribution in [2.45, 2.75) is 39.2 Å². The maximum absolute atomic E-state index is 12.6. The van der Waals surface area contributed by atoms with Crippen molar-refractivity contribution in [3.8, 4) is 5.75 Å². The standard InChI is InChI=1S/C16H22N2O4/c1-5-13-14(18(20)21)8-11(9-15(13)22-4)16(19)17(3)12-6-10(2)7-12/h8-10,12H,5-7H2,1-4H3. The molecule has 0 bridgehead atoms. The number of carbonyl (C=O) groups excluding carboxylic acids is 1. The minimum absolute atomic E-state index is 0.0550. The summed E-state index contributed by atoms with van der Waals surface area (Å²) in [5.74, 6) is 0.836. The van der Waals surface area contributed by atoms with Crippen molar-refractivity contribution in [3.63, 3.8) is 0 Å². The molecule has 0 spiro atoms.